The first-order valence-corrected chi connectivity index (χ1v) is 16.9. The van der Waals surface area contributed by atoms with Crippen LogP contribution in [0.2, 0.25) is 0 Å². The van der Waals surface area contributed by atoms with Crippen molar-refractivity contribution in [3.8, 4) is 50.5 Å². The number of hydrogen-bond acceptors (Lipinski definition) is 2. The van der Waals surface area contributed by atoms with Crippen molar-refractivity contribution in [3.05, 3.63) is 169 Å². The van der Waals surface area contributed by atoms with E-state index in [-0.39, 0.29) is 0 Å². The van der Waals surface area contributed by atoms with Gasteiger partial charge in [0.25, 0.3) is 0 Å². The van der Waals surface area contributed by atoms with Crippen LogP contribution in [0.3, 0.4) is 0 Å². The number of benzene rings is 7. The molecule has 0 spiro atoms. The van der Waals surface area contributed by atoms with Gasteiger partial charge < -0.3 is 8.98 Å². The molecule has 0 amide bonds. The molecule has 3 heteroatoms. The monoisotopic (exact) mass is 630 g/mol. The number of rotatable bonds is 6. The summed E-state index contributed by atoms with van der Waals surface area (Å²) in [5.74, 6) is 0.653. The van der Waals surface area contributed by atoms with Gasteiger partial charge in [0, 0.05) is 22.0 Å². The summed E-state index contributed by atoms with van der Waals surface area (Å²) in [5, 5.41) is 2.50. The van der Waals surface area contributed by atoms with Gasteiger partial charge in [0.2, 0.25) is 5.89 Å². The van der Waals surface area contributed by atoms with Crippen LogP contribution in [-0.2, 0) is 6.42 Å². The zero-order valence-electron chi connectivity index (χ0n) is 27.5. The van der Waals surface area contributed by atoms with Crippen LogP contribution in [-0.4, -0.2) is 9.55 Å². The third-order valence-electron chi connectivity index (χ3n) is 9.73. The molecule has 0 aliphatic heterocycles. The minimum absolute atomic E-state index is 0.653. The summed E-state index contributed by atoms with van der Waals surface area (Å²) < 4.78 is 8.62. The van der Waals surface area contributed by atoms with Crippen molar-refractivity contribution in [1.82, 2.24) is 9.55 Å². The number of aryl methyl sites for hydroxylation is 2. The quantitative estimate of drug-likeness (QED) is 0.183. The summed E-state index contributed by atoms with van der Waals surface area (Å²) in [4.78, 5) is 4.86. The van der Waals surface area contributed by atoms with E-state index in [0.717, 1.165) is 34.2 Å². The van der Waals surface area contributed by atoms with E-state index in [1.807, 2.05) is 0 Å². The maximum atomic E-state index is 6.26. The van der Waals surface area contributed by atoms with Crippen LogP contribution >= 0.6 is 0 Å². The molecular weight excluding hydrogens is 597 g/mol. The molecule has 0 bridgehead atoms. The van der Waals surface area contributed by atoms with E-state index in [9.17, 15) is 0 Å². The number of aromatic nitrogens is 2. The summed E-state index contributed by atoms with van der Waals surface area (Å²) in [5.41, 5.74) is 15.9. The average Bonchev–Trinajstić information content (AvgIpc) is 3.75. The summed E-state index contributed by atoms with van der Waals surface area (Å²) in [6.45, 7) is 4.26. The van der Waals surface area contributed by atoms with Gasteiger partial charge in [-0.3, -0.25) is 0 Å². The van der Waals surface area contributed by atoms with Gasteiger partial charge in [-0.05, 0) is 106 Å². The predicted octanol–water partition coefficient (Wildman–Crippen LogP) is 12.5. The van der Waals surface area contributed by atoms with Crippen molar-refractivity contribution in [2.45, 2.75) is 20.3 Å². The minimum atomic E-state index is 0.653. The second-order valence-electron chi connectivity index (χ2n) is 12.7. The topological polar surface area (TPSA) is 31.0 Å². The van der Waals surface area contributed by atoms with Crippen LogP contribution in [0, 0.1) is 6.92 Å². The molecule has 7 aromatic carbocycles. The molecule has 234 valence electrons. The van der Waals surface area contributed by atoms with Gasteiger partial charge in [0.05, 0.1) is 11.0 Å². The SMILES string of the molecule is CCc1cc(C)c2oc(-c3ccc(-c4ccccc4-c4ccccc4-c4ccc5c(c4)c4ccccc4n5-c4ccccc4)cc3)nc2c1. The smallest absolute Gasteiger partial charge is 0.227 e. The standard InChI is InChI=1S/C46H34N2O/c1-3-31-27-30(2)45-42(28-31)47-46(49-45)33-23-21-32(22-24-33)36-15-7-9-17-38(36)39-18-10-8-16-37(39)34-25-26-44-41(29-34)40-19-11-12-20-43(40)48(44)35-13-5-4-6-14-35/h4-29H,3H2,1-2H3. The highest BCUT2D eigenvalue weighted by Gasteiger charge is 2.17. The van der Waals surface area contributed by atoms with E-state index in [4.69, 9.17) is 9.40 Å². The summed E-state index contributed by atoms with van der Waals surface area (Å²) in [6, 6.07) is 56.6. The number of nitrogens with zero attached hydrogens (tertiary/aromatic N) is 2. The first-order valence-electron chi connectivity index (χ1n) is 16.9. The largest absolute Gasteiger partial charge is 0.436 e. The number of fused-ring (bicyclic) bond motifs is 4. The van der Waals surface area contributed by atoms with Crippen LogP contribution < -0.4 is 0 Å². The highest BCUT2D eigenvalue weighted by Crippen LogP contribution is 2.41. The van der Waals surface area contributed by atoms with E-state index in [2.05, 4.69) is 176 Å². The summed E-state index contributed by atoms with van der Waals surface area (Å²) in [6.07, 6.45) is 0.976. The van der Waals surface area contributed by atoms with Gasteiger partial charge in [0.1, 0.15) is 5.52 Å². The fourth-order valence-electron chi connectivity index (χ4n) is 7.33. The van der Waals surface area contributed by atoms with Gasteiger partial charge in [-0.2, -0.15) is 0 Å². The second kappa shape index (κ2) is 11.8. The van der Waals surface area contributed by atoms with E-state index in [0.29, 0.717) is 5.89 Å². The lowest BCUT2D eigenvalue weighted by atomic mass is 9.89. The number of para-hydroxylation sites is 2. The molecule has 3 nitrogen and oxygen atoms in total. The van der Waals surface area contributed by atoms with Crippen LogP contribution in [0.15, 0.2) is 162 Å². The van der Waals surface area contributed by atoms with E-state index >= 15 is 0 Å². The van der Waals surface area contributed by atoms with Gasteiger partial charge in [-0.1, -0.05) is 116 Å². The van der Waals surface area contributed by atoms with E-state index in [1.165, 1.54) is 60.9 Å². The van der Waals surface area contributed by atoms with Gasteiger partial charge >= 0.3 is 0 Å². The van der Waals surface area contributed by atoms with Crippen LogP contribution in [0.4, 0.5) is 0 Å². The molecule has 0 radical (unpaired) electrons. The summed E-state index contributed by atoms with van der Waals surface area (Å²) >= 11 is 0. The summed E-state index contributed by atoms with van der Waals surface area (Å²) in [7, 11) is 0. The Morgan fingerprint density at radius 1 is 0.531 bits per heavy atom. The van der Waals surface area contributed by atoms with Crippen molar-refractivity contribution in [2.24, 2.45) is 0 Å². The van der Waals surface area contributed by atoms with Crippen molar-refractivity contribution >= 4 is 32.9 Å². The Morgan fingerprint density at radius 3 is 1.86 bits per heavy atom. The Hall–Kier alpha value is -6.19. The van der Waals surface area contributed by atoms with Crippen LogP contribution in [0.5, 0.6) is 0 Å². The number of oxazole rings is 1. The fourth-order valence-corrected chi connectivity index (χ4v) is 7.33. The highest BCUT2D eigenvalue weighted by atomic mass is 16.3. The fraction of sp³-hybridized carbons (Fsp3) is 0.0652. The Bertz CT molecular complexity index is 2640. The van der Waals surface area contributed by atoms with Crippen LogP contribution in [0.1, 0.15) is 18.1 Å². The molecule has 0 aliphatic rings. The Kier molecular flexibility index (Phi) is 6.98. The average molecular weight is 631 g/mol. The molecule has 0 N–H and O–H groups in total. The van der Waals surface area contributed by atoms with E-state index < -0.39 is 0 Å². The van der Waals surface area contributed by atoms with Crippen molar-refractivity contribution in [1.29, 1.82) is 0 Å². The lowest BCUT2D eigenvalue weighted by Crippen LogP contribution is -1.93. The zero-order chi connectivity index (χ0) is 32.9. The number of hydrogen-bond donors (Lipinski definition) is 0. The maximum Gasteiger partial charge on any atom is 0.227 e. The highest BCUT2D eigenvalue weighted by molar-refractivity contribution is 6.11. The first-order chi connectivity index (χ1) is 24.2. The molecule has 9 aromatic rings. The lowest BCUT2D eigenvalue weighted by Gasteiger charge is -2.15. The molecule has 2 aromatic heterocycles. The molecule has 0 saturated carbocycles. The molecule has 9 rings (SSSR count). The maximum absolute atomic E-state index is 6.26. The Morgan fingerprint density at radius 2 is 1.12 bits per heavy atom. The van der Waals surface area contributed by atoms with Gasteiger partial charge in [-0.25, -0.2) is 4.98 Å². The molecule has 0 saturated heterocycles. The molecule has 2 heterocycles. The minimum Gasteiger partial charge on any atom is -0.436 e. The molecule has 0 unspecified atom stereocenters. The third-order valence-corrected chi connectivity index (χ3v) is 9.73. The predicted molar refractivity (Wildman–Crippen MR) is 204 cm³/mol. The Labute approximate surface area is 285 Å². The lowest BCUT2D eigenvalue weighted by molar-refractivity contribution is 0.617. The molecule has 0 fully saturated rings. The van der Waals surface area contributed by atoms with Gasteiger partial charge in [0.15, 0.2) is 5.58 Å². The van der Waals surface area contributed by atoms with Gasteiger partial charge in [-0.15, -0.1) is 0 Å². The molecule has 0 atom stereocenters. The van der Waals surface area contributed by atoms with Crippen molar-refractivity contribution in [3.63, 3.8) is 0 Å². The third kappa shape index (κ3) is 4.94. The molecule has 49 heavy (non-hydrogen) atoms. The zero-order valence-corrected chi connectivity index (χ0v) is 27.5. The van der Waals surface area contributed by atoms with Crippen molar-refractivity contribution < 1.29 is 4.42 Å². The second-order valence-corrected chi connectivity index (χ2v) is 12.7. The normalized spacial score (nSPS) is 11.6. The first kappa shape index (κ1) is 29.0. The van der Waals surface area contributed by atoms with Crippen LogP contribution in [0.25, 0.3) is 83.4 Å². The molecular formula is C46H34N2O. The van der Waals surface area contributed by atoms with E-state index in [1.54, 1.807) is 0 Å². The molecule has 0 aliphatic carbocycles. The van der Waals surface area contributed by atoms with Crippen molar-refractivity contribution in [2.75, 3.05) is 0 Å². The Balaban J connectivity index is 1.13.